The lowest BCUT2D eigenvalue weighted by molar-refractivity contribution is -0.143. The molecule has 0 saturated carbocycles. The largest absolute Gasteiger partial charge is 0.508 e. The molecule has 0 spiro atoms. The summed E-state index contributed by atoms with van der Waals surface area (Å²) in [6.07, 6.45) is -0.528. The van der Waals surface area contributed by atoms with E-state index in [0.717, 1.165) is 0 Å². The van der Waals surface area contributed by atoms with Gasteiger partial charge in [0.25, 0.3) is 0 Å². The van der Waals surface area contributed by atoms with Gasteiger partial charge in [0.2, 0.25) is 82.7 Å². The number of thioether (sulfide) groups is 1. The average Bonchev–Trinajstić information content (AvgIpc) is 0.850. The monoisotopic (exact) mass is 1750 g/mol. The maximum absolute atomic E-state index is 14.5. The molecule has 16 atom stereocenters. The highest BCUT2D eigenvalue weighted by Gasteiger charge is 2.39. The van der Waals surface area contributed by atoms with Crippen molar-refractivity contribution < 1.29 is 102 Å². The molecule has 0 aromatic heterocycles. The summed E-state index contributed by atoms with van der Waals surface area (Å²) < 4.78 is 0. The molecule has 1 aromatic carbocycles. The number of thiol groups is 2. The number of benzene rings is 1. The summed E-state index contributed by atoms with van der Waals surface area (Å²) in [5.74, 6) is -20.0. The number of carboxylic acids is 3. The zero-order valence-electron chi connectivity index (χ0n) is 69.4. The number of nitrogens with zero attached hydrogens (tertiary/aromatic N) is 2. The highest BCUT2D eigenvalue weighted by atomic mass is 32.2. The number of phenols is 1. The number of unbranched alkanes of at least 4 members (excludes halogenated alkanes) is 1. The van der Waals surface area contributed by atoms with Crippen LogP contribution in [0.25, 0.3) is 0 Å². The second-order valence-corrected chi connectivity index (χ2v) is 31.2. The van der Waals surface area contributed by atoms with E-state index in [-0.39, 0.29) is 113 Å². The molecule has 0 radical (unpaired) electrons. The van der Waals surface area contributed by atoms with Crippen LogP contribution in [-0.4, -0.2) is 267 Å². The first-order chi connectivity index (χ1) is 56.3. The minimum atomic E-state index is -1.86. The molecule has 0 fully saturated rings. The van der Waals surface area contributed by atoms with Crippen LogP contribution < -0.4 is 109 Å². The Hall–Kier alpha value is -10.5. The van der Waals surface area contributed by atoms with Crippen LogP contribution in [0.4, 0.5) is 0 Å². The fraction of sp³-hybridized carbons (Fsp3) is 0.662. The predicted octanol–water partition coefficient (Wildman–Crippen LogP) is -5.48. The van der Waals surface area contributed by atoms with E-state index in [2.05, 4.69) is 110 Å². The Kier molecular flexibility index (Phi) is 51.0. The van der Waals surface area contributed by atoms with Crippen LogP contribution >= 0.6 is 37.0 Å². The lowest BCUT2D eigenvalue weighted by Crippen LogP contribution is -2.61. The Morgan fingerprint density at radius 2 is 0.767 bits per heavy atom. The number of amides is 14. The molecular weight excluding hydrogens is 1630 g/mol. The van der Waals surface area contributed by atoms with Crippen molar-refractivity contribution in [2.24, 2.45) is 62.1 Å². The molecule has 0 saturated heterocycles. The van der Waals surface area contributed by atoms with Crippen LogP contribution in [-0.2, 0) is 87.9 Å². The van der Waals surface area contributed by atoms with E-state index in [1.807, 2.05) is 0 Å². The zero-order chi connectivity index (χ0) is 91.2. The summed E-state index contributed by atoms with van der Waals surface area (Å²) in [5.41, 5.74) is 33.9. The van der Waals surface area contributed by atoms with Crippen LogP contribution in [0.3, 0.4) is 0 Å². The van der Waals surface area contributed by atoms with Gasteiger partial charge in [-0.2, -0.15) is 37.0 Å². The topological polar surface area (TPSA) is 720 Å². The number of guanidine groups is 2. The standard InChI is InChI=1S/C74H126N22O21S3/c1-11-38(6)57(71(115)85-40(8)58(102)86-46(18-15-30-82-74(79)80)64(108)93-52(34-118)69(113)84-41(9)60(104)95-56(37(4)5)72(116)117)96-68(112)50(32-36(2)3)92-70(114)53(35-119)94-63(107)45(17-12-13-28-75)88-65(109)47(23-25-54(98)99)89-66(110)48(24-26-55(100)101)90-67(111)51(33-42-19-21-43(97)22-20-42)91-59(103)39(7)83-62(106)49(27-31-120-10)87-61(105)44(76)16-14-29-81-73(77)78/h19-22,36-41,44-53,56-57,97,118-119H,11-18,23-35,75-76H2,1-10H3,(H,83,106)(H,84,113)(H,85,115)(H,86,102)(H,87,105)(H,88,109)(H,89,110)(H,90,111)(H,91,103)(H,92,114)(H,93,108)(H,94,107)(H,95,104)(H,96,112)(H,98,99)(H,100,101)(H,116,117)(H4,77,78,81)(H4,79,80,82)/t38-,39-,40-,41-,44-,45-,46-,47-,48-,49-,50-,51-,52-,53-,56-,57-/m0/s1. The first kappa shape index (κ1) is 108. The summed E-state index contributed by atoms with van der Waals surface area (Å²) in [6.45, 7) is 14.0. The SMILES string of the molecule is CC[C@H](C)[C@H](NC(=O)[C@H](CC(C)C)NC(=O)[C@H](CS)NC(=O)[C@H](CCCCN)NC(=O)[C@H](CCC(=O)O)NC(=O)[C@H](CCC(=O)O)NC(=O)[C@H](Cc1ccc(O)cc1)NC(=O)[C@H](C)NC(=O)[C@H](CCSC)NC(=O)[C@@H](N)CCCN=C(N)N)C(=O)N[C@@H](C)C(=O)N[C@@H](CCCN=C(N)N)C(=O)N[C@@H](CS)C(=O)N[C@@H](C)C(=O)N[C@H](C(=O)O)C(C)C. The number of hydrogen-bond acceptors (Lipinski definition) is 25. The molecule has 43 nitrogen and oxygen atoms in total. The molecule has 0 aliphatic rings. The molecule has 120 heavy (non-hydrogen) atoms. The van der Waals surface area contributed by atoms with Gasteiger partial charge in [0.15, 0.2) is 11.9 Å². The van der Waals surface area contributed by atoms with Gasteiger partial charge in [0, 0.05) is 43.9 Å². The molecule has 1 rings (SSSR count). The van der Waals surface area contributed by atoms with Crippen molar-refractivity contribution in [2.45, 2.75) is 249 Å². The van der Waals surface area contributed by atoms with Gasteiger partial charge in [-0.1, -0.05) is 60.1 Å². The van der Waals surface area contributed by atoms with Gasteiger partial charge in [-0.15, -0.1) is 0 Å². The van der Waals surface area contributed by atoms with Crippen LogP contribution in [0.15, 0.2) is 34.3 Å². The van der Waals surface area contributed by atoms with E-state index in [1.165, 1.54) is 56.8 Å². The second-order valence-electron chi connectivity index (χ2n) is 29.5. The van der Waals surface area contributed by atoms with E-state index >= 15 is 0 Å². The van der Waals surface area contributed by atoms with Crippen molar-refractivity contribution in [1.29, 1.82) is 0 Å². The van der Waals surface area contributed by atoms with Crippen molar-refractivity contribution in [3.8, 4) is 5.75 Å². The maximum atomic E-state index is 14.5. The summed E-state index contributed by atoms with van der Waals surface area (Å²) in [5, 5.41) is 74.2. The minimum Gasteiger partial charge on any atom is -0.508 e. The number of carbonyl (C=O) groups excluding carboxylic acids is 14. The number of carbonyl (C=O) groups is 17. The van der Waals surface area contributed by atoms with Crippen molar-refractivity contribution in [1.82, 2.24) is 74.4 Å². The van der Waals surface area contributed by atoms with E-state index < -0.39 is 235 Å². The van der Waals surface area contributed by atoms with Crippen LogP contribution in [0.1, 0.15) is 158 Å². The lowest BCUT2D eigenvalue weighted by atomic mass is 9.96. The Morgan fingerprint density at radius 3 is 1.18 bits per heavy atom. The van der Waals surface area contributed by atoms with E-state index in [9.17, 15) is 102 Å². The van der Waals surface area contributed by atoms with Gasteiger partial charge in [-0.25, -0.2) is 4.79 Å². The Morgan fingerprint density at radius 1 is 0.417 bits per heavy atom. The molecule has 30 N–H and O–H groups in total. The molecule has 676 valence electrons. The molecular formula is C74H126N22O21S3. The second kappa shape index (κ2) is 56.9. The first-order valence-electron chi connectivity index (χ1n) is 39.3. The fourth-order valence-corrected chi connectivity index (χ4v) is 12.3. The smallest absolute Gasteiger partial charge is 0.326 e. The zero-order valence-corrected chi connectivity index (χ0v) is 72.0. The number of aliphatic carboxylic acids is 3. The third-order valence-electron chi connectivity index (χ3n) is 18.5. The number of carboxylic acid groups (broad SMARTS) is 3. The van der Waals surface area contributed by atoms with Gasteiger partial charge in [-0.3, -0.25) is 86.7 Å². The molecule has 14 amide bonds. The van der Waals surface area contributed by atoms with Gasteiger partial charge in [0.05, 0.1) is 6.04 Å². The third kappa shape index (κ3) is 42.0. The quantitative estimate of drug-likeness (QED) is 0.0125. The van der Waals surface area contributed by atoms with Crippen LogP contribution in [0, 0.1) is 17.8 Å². The Bertz CT molecular complexity index is 3650. The summed E-state index contributed by atoms with van der Waals surface area (Å²) >= 11 is 9.87. The van der Waals surface area contributed by atoms with Crippen LogP contribution in [0.2, 0.25) is 0 Å². The minimum absolute atomic E-state index is 0.00754. The predicted molar refractivity (Wildman–Crippen MR) is 452 cm³/mol. The van der Waals surface area contributed by atoms with Crippen molar-refractivity contribution >= 4 is 150 Å². The van der Waals surface area contributed by atoms with Gasteiger partial charge < -0.3 is 129 Å². The summed E-state index contributed by atoms with van der Waals surface area (Å²) in [4.78, 5) is 240. The number of rotatable bonds is 59. The van der Waals surface area contributed by atoms with Crippen molar-refractivity contribution in [2.75, 3.05) is 43.1 Å². The van der Waals surface area contributed by atoms with E-state index in [0.29, 0.717) is 17.7 Å². The average molecular weight is 1760 g/mol. The first-order valence-corrected chi connectivity index (χ1v) is 42.0. The maximum Gasteiger partial charge on any atom is 0.326 e. The lowest BCUT2D eigenvalue weighted by Gasteiger charge is -2.29. The third-order valence-corrected chi connectivity index (χ3v) is 19.9. The molecule has 1 aromatic rings. The molecule has 0 aliphatic heterocycles. The number of phenolic OH excluding ortho intramolecular Hbond substituents is 1. The highest BCUT2D eigenvalue weighted by Crippen LogP contribution is 2.17. The molecule has 0 unspecified atom stereocenters. The van der Waals surface area contributed by atoms with E-state index in [1.54, 1.807) is 47.8 Å². The van der Waals surface area contributed by atoms with Crippen LogP contribution in [0.5, 0.6) is 5.75 Å². The number of aliphatic imine (C=N–C) groups is 2. The summed E-state index contributed by atoms with van der Waals surface area (Å²) in [6, 6.07) is -16.4. The number of hydrogen-bond donors (Lipinski definition) is 26. The number of nitrogens with one attached hydrogen (secondary N) is 14. The van der Waals surface area contributed by atoms with Gasteiger partial charge in [0.1, 0.15) is 90.3 Å². The molecule has 0 aliphatic carbocycles. The molecule has 0 bridgehead atoms. The summed E-state index contributed by atoms with van der Waals surface area (Å²) in [7, 11) is 0. The number of aromatic hydroxyl groups is 1. The molecule has 46 heteroatoms. The Labute approximate surface area is 712 Å². The van der Waals surface area contributed by atoms with Crippen molar-refractivity contribution in [3.05, 3.63) is 29.8 Å². The Balaban J connectivity index is 3.61. The van der Waals surface area contributed by atoms with Gasteiger partial charge >= 0.3 is 17.9 Å². The van der Waals surface area contributed by atoms with Crippen molar-refractivity contribution in [3.63, 3.8) is 0 Å². The van der Waals surface area contributed by atoms with Gasteiger partial charge in [-0.05, 0) is 145 Å². The highest BCUT2D eigenvalue weighted by molar-refractivity contribution is 7.98. The fourth-order valence-electron chi connectivity index (χ4n) is 11.3. The normalized spacial score (nSPS) is 15.1. The molecule has 0 heterocycles. The van der Waals surface area contributed by atoms with E-state index in [4.69, 9.17) is 34.4 Å². The number of nitrogens with two attached hydrogens (primary N) is 6.